The lowest BCUT2D eigenvalue weighted by atomic mass is 10.2. The van der Waals surface area contributed by atoms with Crippen molar-refractivity contribution in [3.05, 3.63) is 63.1 Å². The molecule has 1 heterocycles. The fourth-order valence-electron chi connectivity index (χ4n) is 1.86. The highest BCUT2D eigenvalue weighted by molar-refractivity contribution is 6.34. The van der Waals surface area contributed by atoms with Gasteiger partial charge in [-0.25, -0.2) is 0 Å². The molecule has 0 aliphatic rings. The number of carbonyl (C=O) groups is 1. The number of hydrogen-bond donors (Lipinski definition) is 1. The first-order valence-electron chi connectivity index (χ1n) is 6.31. The van der Waals surface area contributed by atoms with Crippen LogP contribution < -0.4 is 5.32 Å². The molecule has 2 rings (SSSR count). The van der Waals surface area contributed by atoms with Crippen molar-refractivity contribution < 1.29 is 18.9 Å². The van der Waals surface area contributed by atoms with Gasteiger partial charge in [-0.3, -0.25) is 14.9 Å². The molecule has 0 aliphatic carbocycles. The Kier molecular flexibility index (Phi) is 5.13. The highest BCUT2D eigenvalue weighted by Crippen LogP contribution is 2.23. The van der Waals surface area contributed by atoms with Crippen LogP contribution in [0.3, 0.4) is 0 Å². The number of hydrogen-bond acceptors (Lipinski definition) is 5. The second-order valence-electron chi connectivity index (χ2n) is 4.37. The molecular weight excluding hydrogens is 312 g/mol. The van der Waals surface area contributed by atoms with Crippen molar-refractivity contribution in [2.75, 3.05) is 13.7 Å². The average Bonchev–Trinajstić information content (AvgIpc) is 3.01. The number of rotatable bonds is 6. The van der Waals surface area contributed by atoms with Crippen LogP contribution in [0.5, 0.6) is 0 Å². The third kappa shape index (κ3) is 3.63. The minimum Gasteiger partial charge on any atom is -0.467 e. The zero-order chi connectivity index (χ0) is 16.1. The van der Waals surface area contributed by atoms with Crippen LogP contribution in [0.25, 0.3) is 0 Å². The number of carbonyl (C=O) groups excluding carboxylic acids is 1. The molecule has 1 aromatic heterocycles. The summed E-state index contributed by atoms with van der Waals surface area (Å²) in [7, 11) is 1.50. The summed E-state index contributed by atoms with van der Waals surface area (Å²) in [6.45, 7) is 0.177. The summed E-state index contributed by atoms with van der Waals surface area (Å²) in [4.78, 5) is 22.1. The number of nitrogens with zero attached hydrogens (tertiary/aromatic N) is 1. The Morgan fingerprint density at radius 2 is 2.27 bits per heavy atom. The maximum absolute atomic E-state index is 12.1. The molecule has 0 aliphatic heterocycles. The van der Waals surface area contributed by atoms with E-state index in [1.807, 2.05) is 0 Å². The van der Waals surface area contributed by atoms with E-state index in [-0.39, 0.29) is 22.8 Å². The van der Waals surface area contributed by atoms with Crippen molar-refractivity contribution in [3.63, 3.8) is 0 Å². The Bertz CT molecular complexity index is 672. The number of benzene rings is 1. The van der Waals surface area contributed by atoms with Crippen molar-refractivity contribution in [1.29, 1.82) is 0 Å². The molecule has 22 heavy (non-hydrogen) atoms. The van der Waals surface area contributed by atoms with Gasteiger partial charge in [0, 0.05) is 19.2 Å². The number of furan rings is 1. The minimum absolute atomic E-state index is 0.0127. The second kappa shape index (κ2) is 7.06. The summed E-state index contributed by atoms with van der Waals surface area (Å²) >= 11 is 5.90. The molecule has 116 valence electrons. The van der Waals surface area contributed by atoms with E-state index >= 15 is 0 Å². The van der Waals surface area contributed by atoms with Crippen LogP contribution in [-0.2, 0) is 4.74 Å². The summed E-state index contributed by atoms with van der Waals surface area (Å²) in [6.07, 6.45) is 1.08. The van der Waals surface area contributed by atoms with Gasteiger partial charge in [-0.2, -0.15) is 0 Å². The van der Waals surface area contributed by atoms with Crippen molar-refractivity contribution in [2.45, 2.75) is 6.10 Å². The van der Waals surface area contributed by atoms with E-state index in [0.717, 1.165) is 6.07 Å². The summed E-state index contributed by atoms with van der Waals surface area (Å²) in [5.74, 6) is 0.131. The lowest BCUT2D eigenvalue weighted by molar-refractivity contribution is -0.384. The Morgan fingerprint density at radius 1 is 1.50 bits per heavy atom. The van der Waals surface area contributed by atoms with Crippen LogP contribution >= 0.6 is 11.6 Å². The highest BCUT2D eigenvalue weighted by Gasteiger charge is 2.18. The maximum atomic E-state index is 12.1. The molecule has 1 aromatic carbocycles. The number of nitro groups is 1. The van der Waals surface area contributed by atoms with Crippen LogP contribution in [-0.4, -0.2) is 24.5 Å². The van der Waals surface area contributed by atoms with E-state index in [0.29, 0.717) is 5.76 Å². The molecular formula is C14H13ClN2O5. The Balaban J connectivity index is 2.04. The van der Waals surface area contributed by atoms with Gasteiger partial charge in [0.05, 0.1) is 28.3 Å². The lowest BCUT2D eigenvalue weighted by Gasteiger charge is -2.14. The predicted molar refractivity (Wildman–Crippen MR) is 78.9 cm³/mol. The first-order chi connectivity index (χ1) is 10.5. The molecule has 1 atom stereocenters. The van der Waals surface area contributed by atoms with Crippen molar-refractivity contribution >= 4 is 23.2 Å². The largest absolute Gasteiger partial charge is 0.467 e. The molecule has 0 bridgehead atoms. The number of nitro benzene ring substituents is 1. The molecule has 0 spiro atoms. The van der Waals surface area contributed by atoms with Gasteiger partial charge in [0.15, 0.2) is 0 Å². The van der Waals surface area contributed by atoms with E-state index < -0.39 is 16.9 Å². The molecule has 1 amide bonds. The molecule has 0 radical (unpaired) electrons. The van der Waals surface area contributed by atoms with Gasteiger partial charge in [0.25, 0.3) is 11.6 Å². The second-order valence-corrected chi connectivity index (χ2v) is 4.78. The van der Waals surface area contributed by atoms with Crippen LogP contribution in [0.1, 0.15) is 22.2 Å². The summed E-state index contributed by atoms with van der Waals surface area (Å²) < 4.78 is 10.4. The van der Waals surface area contributed by atoms with Crippen LogP contribution in [0.4, 0.5) is 5.69 Å². The van der Waals surface area contributed by atoms with Gasteiger partial charge in [-0.05, 0) is 18.2 Å². The normalized spacial score (nSPS) is 11.9. The SMILES string of the molecule is COC(CNC(=O)c1ccc([N+](=O)[O-])cc1Cl)c1ccco1. The Labute approximate surface area is 131 Å². The van der Waals surface area contributed by atoms with Crippen molar-refractivity contribution in [3.8, 4) is 0 Å². The van der Waals surface area contributed by atoms with Gasteiger partial charge in [0.1, 0.15) is 11.9 Å². The zero-order valence-corrected chi connectivity index (χ0v) is 12.4. The van der Waals surface area contributed by atoms with Gasteiger partial charge < -0.3 is 14.5 Å². The topological polar surface area (TPSA) is 94.6 Å². The molecule has 2 aromatic rings. The first kappa shape index (κ1) is 16.0. The van der Waals surface area contributed by atoms with Crippen LogP contribution in [0.15, 0.2) is 41.0 Å². The number of nitrogens with one attached hydrogen (secondary N) is 1. The van der Waals surface area contributed by atoms with E-state index in [9.17, 15) is 14.9 Å². The fourth-order valence-corrected chi connectivity index (χ4v) is 2.12. The van der Waals surface area contributed by atoms with E-state index in [4.69, 9.17) is 20.8 Å². The first-order valence-corrected chi connectivity index (χ1v) is 6.69. The van der Waals surface area contributed by atoms with E-state index in [1.54, 1.807) is 12.1 Å². The summed E-state index contributed by atoms with van der Waals surface area (Å²) in [5.41, 5.74) is -0.0199. The fraction of sp³-hybridized carbons (Fsp3) is 0.214. The predicted octanol–water partition coefficient (Wildman–Crippen LogP) is 2.96. The minimum atomic E-state index is -0.578. The quantitative estimate of drug-likeness (QED) is 0.651. The molecule has 0 saturated carbocycles. The molecule has 8 heteroatoms. The zero-order valence-electron chi connectivity index (χ0n) is 11.6. The van der Waals surface area contributed by atoms with Crippen molar-refractivity contribution in [2.24, 2.45) is 0 Å². The van der Waals surface area contributed by atoms with Crippen molar-refractivity contribution in [1.82, 2.24) is 5.32 Å². The number of non-ortho nitro benzene ring substituents is 1. The molecule has 7 nitrogen and oxygen atoms in total. The van der Waals surface area contributed by atoms with Crippen LogP contribution in [0.2, 0.25) is 5.02 Å². The van der Waals surface area contributed by atoms with Crippen LogP contribution in [0, 0.1) is 10.1 Å². The number of halogens is 1. The smallest absolute Gasteiger partial charge is 0.270 e. The third-order valence-corrected chi connectivity index (χ3v) is 3.31. The molecule has 0 fully saturated rings. The number of ether oxygens (including phenoxy) is 1. The van der Waals surface area contributed by atoms with Gasteiger partial charge in [0.2, 0.25) is 0 Å². The van der Waals surface area contributed by atoms with Gasteiger partial charge in [-0.1, -0.05) is 11.6 Å². The van der Waals surface area contributed by atoms with E-state index in [1.165, 1.54) is 25.5 Å². The average molecular weight is 325 g/mol. The standard InChI is InChI=1S/C14H13ClN2O5/c1-21-13(12-3-2-6-22-12)8-16-14(18)10-5-4-9(17(19)20)7-11(10)15/h2-7,13H,8H2,1H3,(H,16,18). The monoisotopic (exact) mass is 324 g/mol. The number of methoxy groups -OCH3 is 1. The number of amides is 1. The Morgan fingerprint density at radius 3 is 2.82 bits per heavy atom. The lowest BCUT2D eigenvalue weighted by Crippen LogP contribution is -2.29. The van der Waals surface area contributed by atoms with E-state index in [2.05, 4.69) is 5.32 Å². The molecule has 1 N–H and O–H groups in total. The van der Waals surface area contributed by atoms with Gasteiger partial charge >= 0.3 is 0 Å². The molecule has 1 unspecified atom stereocenters. The highest BCUT2D eigenvalue weighted by atomic mass is 35.5. The summed E-state index contributed by atoms with van der Waals surface area (Å²) in [5, 5.41) is 13.3. The Hall–Kier alpha value is -2.38. The maximum Gasteiger partial charge on any atom is 0.270 e. The summed E-state index contributed by atoms with van der Waals surface area (Å²) in [6, 6.07) is 7.12. The molecule has 0 saturated heterocycles. The van der Waals surface area contributed by atoms with Gasteiger partial charge in [-0.15, -0.1) is 0 Å². The third-order valence-electron chi connectivity index (χ3n) is 3.00.